The van der Waals surface area contributed by atoms with E-state index in [4.69, 9.17) is 23.9 Å². The lowest BCUT2D eigenvalue weighted by Gasteiger charge is -2.17. The van der Waals surface area contributed by atoms with Crippen molar-refractivity contribution < 1.29 is 18.9 Å². The highest BCUT2D eigenvalue weighted by atomic mass is 16.5. The first-order valence-electron chi connectivity index (χ1n) is 11.3. The second-order valence-corrected chi connectivity index (χ2v) is 8.44. The van der Waals surface area contributed by atoms with Gasteiger partial charge in [-0.1, -0.05) is 42.5 Å². The highest BCUT2D eigenvalue weighted by Crippen LogP contribution is 2.41. The zero-order valence-corrected chi connectivity index (χ0v) is 19.8. The van der Waals surface area contributed by atoms with Crippen LogP contribution < -0.4 is 18.9 Å². The van der Waals surface area contributed by atoms with Gasteiger partial charge < -0.3 is 18.9 Å². The van der Waals surface area contributed by atoms with Gasteiger partial charge in [0.05, 0.1) is 25.8 Å². The van der Waals surface area contributed by atoms with E-state index in [1.54, 1.807) is 14.2 Å². The molecule has 5 aromatic rings. The number of nitrogens with zero attached hydrogens (tertiary/aromatic N) is 1. The molecular formula is C29H27NO4. The molecule has 1 heterocycles. The molecule has 0 atom stereocenters. The van der Waals surface area contributed by atoms with Gasteiger partial charge in [-0.15, -0.1) is 0 Å². The Kier molecular flexibility index (Phi) is 5.84. The predicted octanol–water partition coefficient (Wildman–Crippen LogP) is 6.92. The van der Waals surface area contributed by atoms with E-state index in [1.807, 2.05) is 68.6 Å². The quantitative estimate of drug-likeness (QED) is 0.250. The van der Waals surface area contributed by atoms with Crippen molar-refractivity contribution in [2.45, 2.75) is 26.6 Å². The number of ether oxygens (including phenoxy) is 4. The number of aromatic nitrogens is 1. The van der Waals surface area contributed by atoms with Gasteiger partial charge in [-0.25, -0.2) is 0 Å². The maximum absolute atomic E-state index is 6.26. The summed E-state index contributed by atoms with van der Waals surface area (Å²) in [6.45, 7) is 4.45. The van der Waals surface area contributed by atoms with Gasteiger partial charge in [0.25, 0.3) is 0 Å². The molecule has 0 fully saturated rings. The molecule has 4 aromatic carbocycles. The molecule has 0 radical (unpaired) electrons. The third-order valence-electron chi connectivity index (χ3n) is 5.86. The zero-order chi connectivity index (χ0) is 23.7. The van der Waals surface area contributed by atoms with Crippen molar-refractivity contribution in [3.8, 4) is 23.0 Å². The summed E-state index contributed by atoms with van der Waals surface area (Å²) in [6.07, 6.45) is 1.90. The molecule has 0 saturated heterocycles. The molecule has 5 heteroatoms. The molecule has 0 saturated carbocycles. The Bertz CT molecular complexity index is 1480. The number of benzene rings is 4. The second-order valence-electron chi connectivity index (χ2n) is 8.44. The van der Waals surface area contributed by atoms with Crippen LogP contribution in [-0.4, -0.2) is 25.3 Å². The molecule has 0 N–H and O–H groups in total. The van der Waals surface area contributed by atoms with Crippen molar-refractivity contribution in [3.05, 3.63) is 78.5 Å². The monoisotopic (exact) mass is 453 g/mol. The van der Waals surface area contributed by atoms with Gasteiger partial charge in [-0.3, -0.25) is 4.98 Å². The summed E-state index contributed by atoms with van der Waals surface area (Å²) in [6, 6.07) is 22.3. The third kappa shape index (κ3) is 3.94. The standard InChI is InChI=1S/C29H27NO4/c1-18(2)34-27-15-23-20(14-26(27)32-4)10-11-22-21-12-13-25(31-3)29(24(21)16-30-28(22)23)33-17-19-8-6-5-7-9-19/h5-16,18H,17H2,1-4H3. The molecular weight excluding hydrogens is 426 g/mol. The molecule has 0 aliphatic carbocycles. The van der Waals surface area contributed by atoms with Crippen LogP contribution in [-0.2, 0) is 6.61 Å². The SMILES string of the molecule is COc1cc2ccc3c4ccc(OC)c(OCc5ccccc5)c4cnc3c2cc1OC(C)C. The topological polar surface area (TPSA) is 49.8 Å². The summed E-state index contributed by atoms with van der Waals surface area (Å²) >= 11 is 0. The van der Waals surface area contributed by atoms with Crippen molar-refractivity contribution >= 4 is 32.4 Å². The van der Waals surface area contributed by atoms with Crippen molar-refractivity contribution in [3.63, 3.8) is 0 Å². The van der Waals surface area contributed by atoms with Crippen LogP contribution in [0.3, 0.4) is 0 Å². The van der Waals surface area contributed by atoms with Crippen LogP contribution >= 0.6 is 0 Å². The minimum Gasteiger partial charge on any atom is -0.493 e. The number of hydrogen-bond acceptors (Lipinski definition) is 5. The highest BCUT2D eigenvalue weighted by Gasteiger charge is 2.16. The van der Waals surface area contributed by atoms with Gasteiger partial charge in [-0.2, -0.15) is 0 Å². The Labute approximate surface area is 198 Å². The van der Waals surface area contributed by atoms with Crippen molar-refractivity contribution in [2.24, 2.45) is 0 Å². The Morgan fingerprint density at radius 2 is 1.50 bits per heavy atom. The lowest BCUT2D eigenvalue weighted by molar-refractivity contribution is 0.230. The van der Waals surface area contributed by atoms with Crippen LogP contribution in [0, 0.1) is 0 Å². The first-order valence-corrected chi connectivity index (χ1v) is 11.3. The van der Waals surface area contributed by atoms with Crippen LogP contribution in [0.5, 0.6) is 23.0 Å². The van der Waals surface area contributed by atoms with E-state index in [2.05, 4.69) is 18.2 Å². The van der Waals surface area contributed by atoms with Crippen LogP contribution in [0.4, 0.5) is 0 Å². The van der Waals surface area contributed by atoms with Crippen molar-refractivity contribution in [2.75, 3.05) is 14.2 Å². The maximum Gasteiger partial charge on any atom is 0.171 e. The molecule has 0 aliphatic heterocycles. The first-order chi connectivity index (χ1) is 16.6. The summed E-state index contributed by atoms with van der Waals surface area (Å²) < 4.78 is 23.5. The van der Waals surface area contributed by atoms with Crippen LogP contribution in [0.2, 0.25) is 0 Å². The van der Waals surface area contributed by atoms with E-state index in [9.17, 15) is 0 Å². The molecule has 0 bridgehead atoms. The lowest BCUT2D eigenvalue weighted by Crippen LogP contribution is -2.06. The van der Waals surface area contributed by atoms with Crippen LogP contribution in [0.25, 0.3) is 32.4 Å². The Balaban J connectivity index is 1.68. The fourth-order valence-corrected chi connectivity index (χ4v) is 4.29. The summed E-state index contributed by atoms with van der Waals surface area (Å²) in [7, 11) is 3.31. The van der Waals surface area contributed by atoms with Gasteiger partial charge in [0.15, 0.2) is 23.0 Å². The van der Waals surface area contributed by atoms with Crippen LogP contribution in [0.1, 0.15) is 19.4 Å². The normalized spacial score (nSPS) is 11.3. The third-order valence-corrected chi connectivity index (χ3v) is 5.86. The number of fused-ring (bicyclic) bond motifs is 5. The number of methoxy groups -OCH3 is 2. The maximum atomic E-state index is 6.26. The number of pyridine rings is 1. The van der Waals surface area contributed by atoms with Crippen molar-refractivity contribution in [1.29, 1.82) is 0 Å². The largest absolute Gasteiger partial charge is 0.493 e. The van der Waals surface area contributed by atoms with E-state index in [1.165, 1.54) is 0 Å². The fraction of sp³-hybridized carbons (Fsp3) is 0.207. The Morgan fingerprint density at radius 1 is 0.735 bits per heavy atom. The van der Waals surface area contributed by atoms with Gasteiger partial charge in [-0.05, 0) is 54.4 Å². The molecule has 5 nitrogen and oxygen atoms in total. The van der Waals surface area contributed by atoms with Gasteiger partial charge in [0, 0.05) is 22.4 Å². The van der Waals surface area contributed by atoms with Gasteiger partial charge >= 0.3 is 0 Å². The molecule has 1 aromatic heterocycles. The molecule has 0 unspecified atom stereocenters. The summed E-state index contributed by atoms with van der Waals surface area (Å²) in [5.41, 5.74) is 1.99. The Morgan fingerprint density at radius 3 is 2.24 bits per heavy atom. The summed E-state index contributed by atoms with van der Waals surface area (Å²) in [5.74, 6) is 2.79. The average molecular weight is 454 g/mol. The molecule has 5 rings (SSSR count). The van der Waals surface area contributed by atoms with E-state index < -0.39 is 0 Å². The van der Waals surface area contributed by atoms with Crippen LogP contribution in [0.15, 0.2) is 72.9 Å². The molecule has 0 amide bonds. The highest BCUT2D eigenvalue weighted by molar-refractivity contribution is 6.16. The number of rotatable bonds is 7. The summed E-state index contributed by atoms with van der Waals surface area (Å²) in [5, 5.41) is 5.06. The Hall–Kier alpha value is -3.99. The molecule has 172 valence electrons. The minimum absolute atomic E-state index is 0.0342. The molecule has 34 heavy (non-hydrogen) atoms. The van der Waals surface area contributed by atoms with E-state index in [0.717, 1.165) is 38.0 Å². The lowest BCUT2D eigenvalue weighted by atomic mass is 10.0. The van der Waals surface area contributed by atoms with E-state index >= 15 is 0 Å². The fourth-order valence-electron chi connectivity index (χ4n) is 4.29. The van der Waals surface area contributed by atoms with Crippen molar-refractivity contribution in [1.82, 2.24) is 4.98 Å². The molecule has 0 aliphatic rings. The first kappa shape index (κ1) is 21.8. The average Bonchev–Trinajstić information content (AvgIpc) is 2.86. The molecule has 0 spiro atoms. The predicted molar refractivity (Wildman–Crippen MR) is 136 cm³/mol. The van der Waals surface area contributed by atoms with E-state index in [-0.39, 0.29) is 6.10 Å². The zero-order valence-electron chi connectivity index (χ0n) is 19.8. The summed E-state index contributed by atoms with van der Waals surface area (Å²) in [4.78, 5) is 4.87. The second kappa shape index (κ2) is 9.10. The minimum atomic E-state index is 0.0342. The van der Waals surface area contributed by atoms with Gasteiger partial charge in [0.2, 0.25) is 0 Å². The van der Waals surface area contributed by atoms with E-state index in [0.29, 0.717) is 29.6 Å². The smallest absolute Gasteiger partial charge is 0.171 e. The van der Waals surface area contributed by atoms with Gasteiger partial charge in [0.1, 0.15) is 6.61 Å². The number of hydrogen-bond donors (Lipinski definition) is 0.